The average Bonchev–Trinajstić information content (AvgIpc) is 2.62. The Morgan fingerprint density at radius 1 is 1.59 bits per heavy atom. The number of aliphatic hydroxyl groups is 1. The third kappa shape index (κ3) is 2.45. The van der Waals surface area contributed by atoms with Gasteiger partial charge in [0.25, 0.3) is 0 Å². The molecular formula is C11H12N2O4. The molecule has 0 aliphatic rings. The van der Waals surface area contributed by atoms with Crippen LogP contribution in [0.1, 0.15) is 23.9 Å². The van der Waals surface area contributed by atoms with Gasteiger partial charge in [-0.3, -0.25) is 0 Å². The van der Waals surface area contributed by atoms with Gasteiger partial charge in [-0.2, -0.15) is 5.26 Å². The minimum Gasteiger partial charge on any atom is -0.501 e. The van der Waals surface area contributed by atoms with Crippen molar-refractivity contribution in [1.82, 2.24) is 5.16 Å². The molecule has 0 atom stereocenters. The van der Waals surface area contributed by atoms with E-state index in [4.69, 9.17) is 9.78 Å². The summed E-state index contributed by atoms with van der Waals surface area (Å²) in [7, 11) is 0. The van der Waals surface area contributed by atoms with Gasteiger partial charge in [0, 0.05) is 0 Å². The molecule has 1 rings (SSSR count). The summed E-state index contributed by atoms with van der Waals surface area (Å²) in [5.41, 5.74) is 0.549. The molecule has 6 heteroatoms. The fourth-order valence-corrected chi connectivity index (χ4v) is 1.37. The van der Waals surface area contributed by atoms with Crippen LogP contribution in [-0.4, -0.2) is 22.8 Å². The highest BCUT2D eigenvalue weighted by molar-refractivity contribution is 5.99. The van der Waals surface area contributed by atoms with E-state index in [0.29, 0.717) is 17.0 Å². The van der Waals surface area contributed by atoms with Crippen molar-refractivity contribution in [2.24, 2.45) is 0 Å². The lowest BCUT2D eigenvalue weighted by atomic mass is 10.0. The zero-order valence-corrected chi connectivity index (χ0v) is 9.77. The van der Waals surface area contributed by atoms with Crippen molar-refractivity contribution >= 4 is 11.5 Å². The number of ether oxygens (including phenoxy) is 1. The first kappa shape index (κ1) is 12.8. The first-order valence-electron chi connectivity index (χ1n) is 4.96. The topological polar surface area (TPSA) is 96.3 Å². The lowest BCUT2D eigenvalue weighted by Gasteiger charge is -2.03. The molecule has 1 aromatic heterocycles. The van der Waals surface area contributed by atoms with Crippen molar-refractivity contribution in [3.8, 4) is 6.07 Å². The number of hydrogen-bond acceptors (Lipinski definition) is 6. The Morgan fingerprint density at radius 3 is 2.65 bits per heavy atom. The smallest absolute Gasteiger partial charge is 0.374 e. The Hall–Kier alpha value is -2.29. The maximum Gasteiger partial charge on any atom is 0.374 e. The standard InChI is InChI=1S/C11H12N2O4/c1-4-16-11(15)10(14)8(5-12)9-6(2)13-17-7(9)3/h14H,4H2,1-3H3/b10-8-. The molecule has 0 spiro atoms. The summed E-state index contributed by atoms with van der Waals surface area (Å²) in [4.78, 5) is 11.3. The Balaban J connectivity index is 3.30. The van der Waals surface area contributed by atoms with Crippen LogP contribution in [0.25, 0.3) is 5.57 Å². The summed E-state index contributed by atoms with van der Waals surface area (Å²) >= 11 is 0. The number of carbonyl (C=O) groups is 1. The van der Waals surface area contributed by atoms with E-state index in [2.05, 4.69) is 9.89 Å². The molecule has 0 amide bonds. The minimum absolute atomic E-state index is 0.114. The van der Waals surface area contributed by atoms with Gasteiger partial charge in [-0.15, -0.1) is 0 Å². The molecule has 0 saturated heterocycles. The van der Waals surface area contributed by atoms with Gasteiger partial charge in [-0.25, -0.2) is 4.79 Å². The number of nitrogens with zero attached hydrogens (tertiary/aromatic N) is 2. The zero-order valence-electron chi connectivity index (χ0n) is 9.77. The highest BCUT2D eigenvalue weighted by Crippen LogP contribution is 2.24. The summed E-state index contributed by atoms with van der Waals surface area (Å²) in [6.45, 7) is 4.92. The van der Waals surface area contributed by atoms with Gasteiger partial charge < -0.3 is 14.4 Å². The van der Waals surface area contributed by atoms with Crippen molar-refractivity contribution in [3.63, 3.8) is 0 Å². The monoisotopic (exact) mass is 236 g/mol. The van der Waals surface area contributed by atoms with Crippen LogP contribution in [0.15, 0.2) is 10.3 Å². The van der Waals surface area contributed by atoms with Crippen molar-refractivity contribution < 1.29 is 19.2 Å². The molecule has 6 nitrogen and oxygen atoms in total. The van der Waals surface area contributed by atoms with E-state index in [-0.39, 0.29) is 12.2 Å². The van der Waals surface area contributed by atoms with Gasteiger partial charge in [0.05, 0.1) is 17.9 Å². The van der Waals surface area contributed by atoms with E-state index in [0.717, 1.165) is 0 Å². The van der Waals surface area contributed by atoms with Crippen LogP contribution >= 0.6 is 0 Å². The van der Waals surface area contributed by atoms with Gasteiger partial charge in [-0.05, 0) is 20.8 Å². The lowest BCUT2D eigenvalue weighted by Crippen LogP contribution is -2.09. The molecule has 0 aliphatic heterocycles. The Kier molecular flexibility index (Phi) is 3.88. The fourth-order valence-electron chi connectivity index (χ4n) is 1.37. The molecule has 0 unspecified atom stereocenters. The molecule has 0 radical (unpaired) electrons. The average molecular weight is 236 g/mol. The molecule has 1 N–H and O–H groups in total. The van der Waals surface area contributed by atoms with Crippen LogP contribution in [0, 0.1) is 25.2 Å². The number of aliphatic hydroxyl groups excluding tert-OH is 1. The predicted octanol–water partition coefficient (Wildman–Crippen LogP) is 1.65. The normalized spacial score (nSPS) is 11.6. The predicted molar refractivity (Wildman–Crippen MR) is 57.8 cm³/mol. The summed E-state index contributed by atoms with van der Waals surface area (Å²) < 4.78 is 9.48. The largest absolute Gasteiger partial charge is 0.501 e. The van der Waals surface area contributed by atoms with Gasteiger partial charge in [0.15, 0.2) is 0 Å². The number of rotatable bonds is 3. The van der Waals surface area contributed by atoms with Crippen LogP contribution in [0.5, 0.6) is 0 Å². The zero-order chi connectivity index (χ0) is 13.0. The Morgan fingerprint density at radius 2 is 2.24 bits per heavy atom. The van der Waals surface area contributed by atoms with Crippen molar-refractivity contribution in [2.45, 2.75) is 20.8 Å². The molecule has 0 aromatic carbocycles. The van der Waals surface area contributed by atoms with E-state index in [1.807, 2.05) is 0 Å². The molecular weight excluding hydrogens is 224 g/mol. The van der Waals surface area contributed by atoms with E-state index >= 15 is 0 Å². The molecule has 0 aliphatic carbocycles. The van der Waals surface area contributed by atoms with Gasteiger partial charge in [0.1, 0.15) is 17.4 Å². The third-order valence-corrected chi connectivity index (χ3v) is 2.10. The van der Waals surface area contributed by atoms with Crippen molar-refractivity contribution in [2.75, 3.05) is 6.61 Å². The number of esters is 1. The molecule has 1 heterocycles. The van der Waals surface area contributed by atoms with Gasteiger partial charge in [0.2, 0.25) is 5.76 Å². The van der Waals surface area contributed by atoms with Crippen LogP contribution < -0.4 is 0 Å². The second-order valence-electron chi connectivity index (χ2n) is 3.26. The molecule has 0 fully saturated rings. The summed E-state index contributed by atoms with van der Waals surface area (Å²) in [5.74, 6) is -1.32. The molecule has 1 aromatic rings. The van der Waals surface area contributed by atoms with E-state index in [9.17, 15) is 9.90 Å². The minimum atomic E-state index is -0.941. The second-order valence-corrected chi connectivity index (χ2v) is 3.26. The summed E-state index contributed by atoms with van der Waals surface area (Å²) in [5, 5.41) is 22.3. The van der Waals surface area contributed by atoms with Crippen molar-refractivity contribution in [1.29, 1.82) is 5.26 Å². The number of aryl methyl sites for hydroxylation is 2. The molecule has 0 saturated carbocycles. The lowest BCUT2D eigenvalue weighted by molar-refractivity contribution is -0.141. The van der Waals surface area contributed by atoms with Gasteiger partial charge in [-0.1, -0.05) is 5.16 Å². The number of nitriles is 1. The number of carbonyl (C=O) groups excluding carboxylic acids is 1. The van der Waals surface area contributed by atoms with Crippen LogP contribution in [0.3, 0.4) is 0 Å². The van der Waals surface area contributed by atoms with E-state index < -0.39 is 11.7 Å². The Labute approximate surface area is 98.1 Å². The molecule has 90 valence electrons. The maximum atomic E-state index is 11.3. The quantitative estimate of drug-likeness (QED) is 0.371. The Bertz CT molecular complexity index is 489. The SMILES string of the molecule is CCOC(=O)/C(O)=C(\C#N)c1c(C)noc1C. The summed E-state index contributed by atoms with van der Waals surface area (Å²) in [6, 6.07) is 1.75. The first-order chi connectivity index (χ1) is 8.02. The number of hydrogen-bond donors (Lipinski definition) is 1. The fraction of sp³-hybridized carbons (Fsp3) is 0.364. The maximum absolute atomic E-state index is 11.3. The number of aromatic nitrogens is 1. The molecule has 0 bridgehead atoms. The van der Waals surface area contributed by atoms with Crippen LogP contribution in [0.2, 0.25) is 0 Å². The second kappa shape index (κ2) is 5.16. The summed E-state index contributed by atoms with van der Waals surface area (Å²) in [6.07, 6.45) is 0. The van der Waals surface area contributed by atoms with Crippen LogP contribution in [-0.2, 0) is 9.53 Å². The first-order valence-corrected chi connectivity index (χ1v) is 4.96. The van der Waals surface area contributed by atoms with E-state index in [1.54, 1.807) is 26.8 Å². The molecule has 17 heavy (non-hydrogen) atoms. The number of allylic oxidation sites excluding steroid dienone is 1. The third-order valence-electron chi connectivity index (χ3n) is 2.10. The highest BCUT2D eigenvalue weighted by Gasteiger charge is 2.22. The van der Waals surface area contributed by atoms with Crippen molar-refractivity contribution in [3.05, 3.63) is 22.8 Å². The van der Waals surface area contributed by atoms with E-state index in [1.165, 1.54) is 0 Å². The van der Waals surface area contributed by atoms with Gasteiger partial charge >= 0.3 is 5.97 Å². The highest BCUT2D eigenvalue weighted by atomic mass is 16.5. The van der Waals surface area contributed by atoms with Crippen LogP contribution in [0.4, 0.5) is 0 Å².